The third kappa shape index (κ3) is 18.4. The van der Waals surface area contributed by atoms with Crippen molar-refractivity contribution in [2.45, 2.75) is 70.8 Å². The van der Waals surface area contributed by atoms with E-state index in [1.165, 1.54) is 0 Å². The fourth-order valence-corrected chi connectivity index (χ4v) is 2.18. The highest BCUT2D eigenvalue weighted by atomic mass is 17.1. The zero-order valence-corrected chi connectivity index (χ0v) is 15.9. The van der Waals surface area contributed by atoms with Crippen molar-refractivity contribution in [2.24, 2.45) is 0 Å². The van der Waals surface area contributed by atoms with E-state index in [4.69, 9.17) is 10.4 Å². The number of hydrogen-bond donors (Lipinski definition) is 2. The molecular weight excluding hydrogens is 328 g/mol. The molecule has 146 valence electrons. The number of hydrogen-bond acceptors (Lipinski definition) is 3. The van der Waals surface area contributed by atoms with Gasteiger partial charge in [-0.3, -0.25) is 10.1 Å². The summed E-state index contributed by atoms with van der Waals surface area (Å²) in [5.41, 5.74) is 0. The van der Waals surface area contributed by atoms with Gasteiger partial charge in [0.05, 0.1) is 0 Å². The number of carboxylic acid groups (broad SMARTS) is 1. The van der Waals surface area contributed by atoms with Crippen LogP contribution in [-0.2, 0) is 9.68 Å². The minimum absolute atomic E-state index is 0.277. The maximum atomic E-state index is 10.4. The lowest BCUT2D eigenvalue weighted by Crippen LogP contribution is -2.04. The second-order valence-corrected chi connectivity index (χ2v) is 5.98. The summed E-state index contributed by atoms with van der Waals surface area (Å²) in [6.45, 7) is 2.07. The summed E-state index contributed by atoms with van der Waals surface area (Å²) in [6, 6.07) is 0. The van der Waals surface area contributed by atoms with Gasteiger partial charge in [-0.15, -0.1) is 0 Å². The quantitative estimate of drug-likeness (QED) is 0.112. The molecule has 0 aliphatic rings. The summed E-state index contributed by atoms with van der Waals surface area (Å²) in [5, 5.41) is 17.3. The molecule has 26 heavy (non-hydrogen) atoms. The topological polar surface area (TPSA) is 66.8 Å². The van der Waals surface area contributed by atoms with E-state index in [9.17, 15) is 4.79 Å². The number of carbonyl (C=O) groups is 1. The van der Waals surface area contributed by atoms with E-state index >= 15 is 0 Å². The molecule has 0 spiro atoms. The Morgan fingerprint density at radius 2 is 1.65 bits per heavy atom. The smallest absolute Gasteiger partial charge is 0.303 e. The van der Waals surface area contributed by atoms with Crippen LogP contribution in [-0.4, -0.2) is 22.4 Å². The van der Waals surface area contributed by atoms with Crippen molar-refractivity contribution in [1.29, 1.82) is 0 Å². The van der Waals surface area contributed by atoms with E-state index in [0.29, 0.717) is 6.42 Å². The fourth-order valence-electron chi connectivity index (χ4n) is 2.18. The van der Waals surface area contributed by atoms with Crippen molar-refractivity contribution in [2.75, 3.05) is 0 Å². The molecule has 0 aromatic rings. The van der Waals surface area contributed by atoms with E-state index in [1.54, 1.807) is 0 Å². The Labute approximate surface area is 158 Å². The average Bonchev–Trinajstić information content (AvgIpc) is 2.63. The molecular formula is C22H34O4. The molecule has 0 aromatic heterocycles. The van der Waals surface area contributed by atoms with Gasteiger partial charge in [0.2, 0.25) is 0 Å². The fraction of sp³-hybridized carbons (Fsp3) is 0.500. The second-order valence-electron chi connectivity index (χ2n) is 5.98. The number of carboxylic acids is 1. The van der Waals surface area contributed by atoms with Gasteiger partial charge in [-0.1, -0.05) is 74.1 Å². The normalized spacial score (nSPS) is 13.9. The van der Waals surface area contributed by atoms with E-state index in [-0.39, 0.29) is 12.5 Å². The lowest BCUT2D eigenvalue weighted by Gasteiger charge is -2.03. The van der Waals surface area contributed by atoms with Crippen LogP contribution in [0, 0.1) is 0 Å². The molecule has 0 saturated heterocycles. The Balaban J connectivity index is 3.68. The standard InChI is InChI=1S/C22H34O4/c1-2-3-15-18-21(26-25)19-16-13-11-9-7-5-4-6-8-10-12-14-17-20-22(23)24/h3,5-8,11,13,15-16,19,21,25H,2,4,9-10,12,14,17-18,20H2,1H3,(H,23,24)/b7-5-,8-6-,13-11-,15-3-,19-16+/t21-/m0/s1. The SMILES string of the molecule is CC/C=C\C[C@@H](/C=C/C=C\C/C=C\C/C=C\CCCCCC(=O)O)OO. The predicted octanol–water partition coefficient (Wildman–Crippen LogP) is 6.24. The number of rotatable bonds is 16. The lowest BCUT2D eigenvalue weighted by atomic mass is 10.1. The molecule has 2 N–H and O–H groups in total. The van der Waals surface area contributed by atoms with Gasteiger partial charge in [0.1, 0.15) is 6.10 Å². The molecule has 0 heterocycles. The van der Waals surface area contributed by atoms with Crippen molar-refractivity contribution in [3.05, 3.63) is 60.8 Å². The molecule has 4 nitrogen and oxygen atoms in total. The number of allylic oxidation sites excluding steroid dienone is 8. The molecule has 0 unspecified atom stereocenters. The van der Waals surface area contributed by atoms with Gasteiger partial charge in [0, 0.05) is 6.42 Å². The molecule has 1 atom stereocenters. The molecule has 4 heteroatoms. The molecule has 0 aliphatic heterocycles. The monoisotopic (exact) mass is 362 g/mol. The van der Waals surface area contributed by atoms with Crippen molar-refractivity contribution in [1.82, 2.24) is 0 Å². The highest BCUT2D eigenvalue weighted by molar-refractivity contribution is 5.66. The Morgan fingerprint density at radius 3 is 2.35 bits per heavy atom. The minimum atomic E-state index is -0.708. The van der Waals surface area contributed by atoms with Crippen molar-refractivity contribution in [3.8, 4) is 0 Å². The Kier molecular flexibility index (Phi) is 18.0. The molecule has 0 aromatic carbocycles. The van der Waals surface area contributed by atoms with Crippen LogP contribution in [0.2, 0.25) is 0 Å². The van der Waals surface area contributed by atoms with Crippen LogP contribution in [0.1, 0.15) is 64.7 Å². The van der Waals surface area contributed by atoms with Crippen LogP contribution in [0.4, 0.5) is 0 Å². The first-order valence-electron chi connectivity index (χ1n) is 9.51. The first-order valence-corrected chi connectivity index (χ1v) is 9.51. The molecule has 0 bridgehead atoms. The summed E-state index contributed by atoms with van der Waals surface area (Å²) >= 11 is 0. The van der Waals surface area contributed by atoms with Crippen LogP contribution in [0.25, 0.3) is 0 Å². The van der Waals surface area contributed by atoms with Gasteiger partial charge in [-0.2, -0.15) is 0 Å². The average molecular weight is 363 g/mol. The molecule has 0 saturated carbocycles. The maximum Gasteiger partial charge on any atom is 0.303 e. The highest BCUT2D eigenvalue weighted by Crippen LogP contribution is 2.04. The predicted molar refractivity (Wildman–Crippen MR) is 108 cm³/mol. The molecule has 0 rings (SSSR count). The zero-order valence-electron chi connectivity index (χ0n) is 15.9. The summed E-state index contributed by atoms with van der Waals surface area (Å²) in [6.07, 6.45) is 27.5. The van der Waals surface area contributed by atoms with Crippen LogP contribution in [0.15, 0.2) is 60.8 Å². The molecule has 0 aliphatic carbocycles. The van der Waals surface area contributed by atoms with Gasteiger partial charge in [0.25, 0.3) is 0 Å². The molecule has 0 fully saturated rings. The van der Waals surface area contributed by atoms with Crippen LogP contribution in [0.5, 0.6) is 0 Å². The van der Waals surface area contributed by atoms with Gasteiger partial charge in [-0.25, -0.2) is 4.89 Å². The summed E-state index contributed by atoms with van der Waals surface area (Å²) in [4.78, 5) is 14.8. The lowest BCUT2D eigenvalue weighted by molar-refractivity contribution is -0.264. The van der Waals surface area contributed by atoms with Crippen molar-refractivity contribution < 1.29 is 20.0 Å². The molecule has 0 radical (unpaired) electrons. The highest BCUT2D eigenvalue weighted by Gasteiger charge is 1.99. The van der Waals surface area contributed by atoms with Crippen molar-refractivity contribution >= 4 is 5.97 Å². The zero-order chi connectivity index (χ0) is 19.3. The van der Waals surface area contributed by atoms with E-state index in [0.717, 1.165) is 44.9 Å². The van der Waals surface area contributed by atoms with Gasteiger partial charge in [0.15, 0.2) is 0 Å². The van der Waals surface area contributed by atoms with E-state index in [1.807, 2.05) is 24.3 Å². The van der Waals surface area contributed by atoms with E-state index in [2.05, 4.69) is 48.3 Å². The third-order valence-electron chi connectivity index (χ3n) is 3.62. The van der Waals surface area contributed by atoms with Gasteiger partial charge in [-0.05, 0) is 44.9 Å². The maximum absolute atomic E-state index is 10.4. The van der Waals surface area contributed by atoms with Crippen molar-refractivity contribution in [3.63, 3.8) is 0 Å². The Hall–Kier alpha value is -1.91. The van der Waals surface area contributed by atoms with Crippen LogP contribution in [0.3, 0.4) is 0 Å². The summed E-state index contributed by atoms with van der Waals surface area (Å²) in [5.74, 6) is -0.708. The summed E-state index contributed by atoms with van der Waals surface area (Å²) < 4.78 is 0. The van der Waals surface area contributed by atoms with Gasteiger partial charge < -0.3 is 5.11 Å². The van der Waals surface area contributed by atoms with Crippen LogP contribution < -0.4 is 0 Å². The minimum Gasteiger partial charge on any atom is -0.481 e. The van der Waals surface area contributed by atoms with Gasteiger partial charge >= 0.3 is 5.97 Å². The first kappa shape index (κ1) is 24.1. The van der Waals surface area contributed by atoms with E-state index < -0.39 is 5.97 Å². The summed E-state index contributed by atoms with van der Waals surface area (Å²) in [7, 11) is 0. The first-order chi connectivity index (χ1) is 12.7. The Bertz CT molecular complexity index is 473. The number of aliphatic carboxylic acids is 1. The van der Waals surface area contributed by atoms with Crippen LogP contribution >= 0.6 is 0 Å². The Morgan fingerprint density at radius 1 is 0.923 bits per heavy atom. The molecule has 0 amide bonds. The largest absolute Gasteiger partial charge is 0.481 e. The second kappa shape index (κ2) is 19.4. The number of unbranched alkanes of at least 4 members (excludes halogenated alkanes) is 3. The third-order valence-corrected chi connectivity index (χ3v) is 3.62.